The first kappa shape index (κ1) is 12.1. The maximum absolute atomic E-state index is 11.3. The number of hydrogen-bond acceptors (Lipinski definition) is 3. The smallest absolute Gasteiger partial charge is 0.330 e. The van der Waals surface area contributed by atoms with E-state index in [1.54, 1.807) is 30.6 Å². The number of hydrogen-bond donors (Lipinski definition) is 2. The van der Waals surface area contributed by atoms with Gasteiger partial charge >= 0.3 is 5.97 Å². The molecule has 18 heavy (non-hydrogen) atoms. The molecule has 2 aromatic rings. The first-order chi connectivity index (χ1) is 8.68. The zero-order valence-corrected chi connectivity index (χ0v) is 10.00. The number of nitrogens with zero attached hydrogens (tertiary/aromatic N) is 1. The van der Waals surface area contributed by atoms with Gasteiger partial charge in [0.2, 0.25) is 0 Å². The summed E-state index contributed by atoms with van der Waals surface area (Å²) in [6, 6.07) is 10.1. The Kier molecular flexibility index (Phi) is 3.57. The summed E-state index contributed by atoms with van der Waals surface area (Å²) >= 11 is 0. The van der Waals surface area contributed by atoms with E-state index in [9.17, 15) is 9.90 Å². The predicted molar refractivity (Wildman–Crippen MR) is 69.4 cm³/mol. The Balaban J connectivity index is 2.28. The molecule has 0 radical (unpaired) electrons. The summed E-state index contributed by atoms with van der Waals surface area (Å²) < 4.78 is 0. The van der Waals surface area contributed by atoms with Crippen molar-refractivity contribution in [2.75, 3.05) is 5.32 Å². The maximum Gasteiger partial charge on any atom is 0.330 e. The number of anilines is 1. The Morgan fingerprint density at radius 1 is 1.28 bits per heavy atom. The second kappa shape index (κ2) is 5.31. The molecule has 1 heterocycles. The maximum atomic E-state index is 11.3. The molecule has 1 unspecified atom stereocenters. The molecule has 2 rings (SSSR count). The molecule has 1 aromatic heterocycles. The number of carboxylic acid groups (broad SMARTS) is 1. The number of aryl methyl sites for hydroxylation is 1. The van der Waals surface area contributed by atoms with Crippen LogP contribution in [-0.2, 0) is 4.79 Å². The lowest BCUT2D eigenvalue weighted by atomic mass is 10.1. The van der Waals surface area contributed by atoms with Crippen LogP contribution in [-0.4, -0.2) is 16.1 Å². The third-order valence-electron chi connectivity index (χ3n) is 2.70. The Morgan fingerprint density at radius 2 is 2.00 bits per heavy atom. The largest absolute Gasteiger partial charge is 0.479 e. The molecule has 0 bridgehead atoms. The highest BCUT2D eigenvalue weighted by Gasteiger charge is 2.19. The molecule has 2 N–H and O–H groups in total. The van der Waals surface area contributed by atoms with Crippen LogP contribution in [0.4, 0.5) is 5.69 Å². The van der Waals surface area contributed by atoms with Gasteiger partial charge in [0, 0.05) is 18.1 Å². The van der Waals surface area contributed by atoms with E-state index in [4.69, 9.17) is 0 Å². The molecule has 1 aromatic carbocycles. The van der Waals surface area contributed by atoms with E-state index in [1.807, 2.05) is 25.1 Å². The molecule has 0 saturated carbocycles. The molecule has 92 valence electrons. The van der Waals surface area contributed by atoms with Crippen molar-refractivity contribution >= 4 is 11.7 Å². The van der Waals surface area contributed by atoms with Gasteiger partial charge in [0.15, 0.2) is 6.04 Å². The standard InChI is InChI=1S/C14H14N2O2/c1-10-9-15-8-7-12(10)16-13(14(17)18)11-5-3-2-4-6-11/h2-9,13H,1H3,(H,15,16)(H,17,18). The Hall–Kier alpha value is -2.36. The zero-order valence-electron chi connectivity index (χ0n) is 10.00. The summed E-state index contributed by atoms with van der Waals surface area (Å²) in [4.78, 5) is 15.3. The molecular formula is C14H14N2O2. The Labute approximate surface area is 105 Å². The number of carboxylic acids is 1. The van der Waals surface area contributed by atoms with E-state index in [0.717, 1.165) is 16.8 Å². The number of pyridine rings is 1. The van der Waals surface area contributed by atoms with Crippen molar-refractivity contribution < 1.29 is 9.90 Å². The molecule has 4 nitrogen and oxygen atoms in total. The number of aromatic nitrogens is 1. The van der Waals surface area contributed by atoms with Crippen LogP contribution in [0.3, 0.4) is 0 Å². The second-order valence-electron chi connectivity index (χ2n) is 4.02. The number of benzene rings is 1. The van der Waals surface area contributed by atoms with Gasteiger partial charge in [-0.2, -0.15) is 0 Å². The van der Waals surface area contributed by atoms with Gasteiger partial charge in [0.1, 0.15) is 0 Å². The van der Waals surface area contributed by atoms with Crippen molar-refractivity contribution in [1.29, 1.82) is 0 Å². The fourth-order valence-corrected chi connectivity index (χ4v) is 1.72. The van der Waals surface area contributed by atoms with Crippen LogP contribution < -0.4 is 5.32 Å². The summed E-state index contributed by atoms with van der Waals surface area (Å²) in [5.74, 6) is -0.905. The van der Waals surface area contributed by atoms with Gasteiger partial charge in [-0.15, -0.1) is 0 Å². The van der Waals surface area contributed by atoms with Crippen LogP contribution in [0.5, 0.6) is 0 Å². The number of carbonyl (C=O) groups is 1. The molecule has 0 aliphatic heterocycles. The van der Waals surface area contributed by atoms with Gasteiger partial charge < -0.3 is 10.4 Å². The lowest BCUT2D eigenvalue weighted by molar-refractivity contribution is -0.138. The third kappa shape index (κ3) is 2.66. The average Bonchev–Trinajstić information content (AvgIpc) is 2.38. The summed E-state index contributed by atoms with van der Waals surface area (Å²) in [5, 5.41) is 12.3. The fourth-order valence-electron chi connectivity index (χ4n) is 1.72. The van der Waals surface area contributed by atoms with Gasteiger partial charge in [0.25, 0.3) is 0 Å². The molecule has 0 amide bonds. The molecule has 0 aliphatic rings. The van der Waals surface area contributed by atoms with Crippen LogP contribution in [0, 0.1) is 6.92 Å². The van der Waals surface area contributed by atoms with E-state index in [0.29, 0.717) is 0 Å². The van der Waals surface area contributed by atoms with Crippen LogP contribution in [0.15, 0.2) is 48.8 Å². The minimum atomic E-state index is -0.905. The highest BCUT2D eigenvalue weighted by molar-refractivity contribution is 5.79. The van der Waals surface area contributed by atoms with E-state index in [-0.39, 0.29) is 0 Å². The summed E-state index contributed by atoms with van der Waals surface area (Å²) in [6.07, 6.45) is 3.34. The summed E-state index contributed by atoms with van der Waals surface area (Å²) in [7, 11) is 0. The molecular weight excluding hydrogens is 228 g/mol. The van der Waals surface area contributed by atoms with Gasteiger partial charge in [0.05, 0.1) is 0 Å². The predicted octanol–water partition coefficient (Wildman–Crippen LogP) is 2.63. The van der Waals surface area contributed by atoms with Crippen LogP contribution in [0.1, 0.15) is 17.2 Å². The van der Waals surface area contributed by atoms with Crippen molar-refractivity contribution in [1.82, 2.24) is 4.98 Å². The molecule has 0 spiro atoms. The SMILES string of the molecule is Cc1cnccc1NC(C(=O)O)c1ccccc1. The van der Waals surface area contributed by atoms with E-state index in [1.165, 1.54) is 0 Å². The number of aliphatic carboxylic acids is 1. The number of nitrogens with one attached hydrogen (secondary N) is 1. The van der Waals surface area contributed by atoms with Crippen molar-refractivity contribution in [3.63, 3.8) is 0 Å². The molecule has 0 aliphatic carbocycles. The molecule has 1 atom stereocenters. The minimum absolute atomic E-state index is 0.723. The monoisotopic (exact) mass is 242 g/mol. The summed E-state index contributed by atoms with van der Waals surface area (Å²) in [6.45, 7) is 1.89. The lowest BCUT2D eigenvalue weighted by Gasteiger charge is -2.17. The van der Waals surface area contributed by atoms with Crippen LogP contribution in [0.25, 0.3) is 0 Å². The van der Waals surface area contributed by atoms with Gasteiger partial charge in [-0.25, -0.2) is 4.79 Å². The van der Waals surface area contributed by atoms with Gasteiger partial charge in [-0.05, 0) is 24.1 Å². The van der Waals surface area contributed by atoms with Crippen LogP contribution >= 0.6 is 0 Å². The van der Waals surface area contributed by atoms with Crippen molar-refractivity contribution in [3.8, 4) is 0 Å². The van der Waals surface area contributed by atoms with E-state index < -0.39 is 12.0 Å². The normalized spacial score (nSPS) is 11.8. The first-order valence-corrected chi connectivity index (χ1v) is 5.63. The Bertz CT molecular complexity index is 541. The van der Waals surface area contributed by atoms with Gasteiger partial charge in [-0.3, -0.25) is 4.98 Å². The second-order valence-corrected chi connectivity index (χ2v) is 4.02. The Morgan fingerprint density at radius 3 is 2.61 bits per heavy atom. The van der Waals surface area contributed by atoms with Crippen molar-refractivity contribution in [3.05, 3.63) is 59.9 Å². The highest BCUT2D eigenvalue weighted by atomic mass is 16.4. The minimum Gasteiger partial charge on any atom is -0.479 e. The van der Waals surface area contributed by atoms with Crippen molar-refractivity contribution in [2.45, 2.75) is 13.0 Å². The van der Waals surface area contributed by atoms with Crippen molar-refractivity contribution in [2.24, 2.45) is 0 Å². The molecule has 0 fully saturated rings. The van der Waals surface area contributed by atoms with E-state index >= 15 is 0 Å². The lowest BCUT2D eigenvalue weighted by Crippen LogP contribution is -2.20. The highest BCUT2D eigenvalue weighted by Crippen LogP contribution is 2.21. The molecule has 0 saturated heterocycles. The molecule has 4 heteroatoms. The zero-order chi connectivity index (χ0) is 13.0. The van der Waals surface area contributed by atoms with Gasteiger partial charge in [-0.1, -0.05) is 30.3 Å². The topological polar surface area (TPSA) is 62.2 Å². The first-order valence-electron chi connectivity index (χ1n) is 5.63. The van der Waals surface area contributed by atoms with Crippen LogP contribution in [0.2, 0.25) is 0 Å². The quantitative estimate of drug-likeness (QED) is 0.865. The average molecular weight is 242 g/mol. The third-order valence-corrected chi connectivity index (χ3v) is 2.70. The fraction of sp³-hybridized carbons (Fsp3) is 0.143. The van der Waals surface area contributed by atoms with E-state index in [2.05, 4.69) is 10.3 Å². The summed E-state index contributed by atoms with van der Waals surface area (Å²) in [5.41, 5.74) is 2.42. The number of rotatable bonds is 4.